The first kappa shape index (κ1) is 14.6. The van der Waals surface area contributed by atoms with E-state index in [1.807, 2.05) is 36.2 Å². The number of rotatable bonds is 5. The molecule has 1 unspecified atom stereocenters. The van der Waals surface area contributed by atoms with Gasteiger partial charge in [-0.15, -0.1) is 0 Å². The summed E-state index contributed by atoms with van der Waals surface area (Å²) in [4.78, 5) is 14.0. The molecule has 0 heterocycles. The fraction of sp³-hybridized carbons (Fsp3) is 0.533. The van der Waals surface area contributed by atoms with Crippen LogP contribution in [0.25, 0.3) is 0 Å². The fourth-order valence-electron chi connectivity index (χ4n) is 2.02. The van der Waals surface area contributed by atoms with Crippen molar-refractivity contribution in [3.8, 4) is 0 Å². The Balaban J connectivity index is 2.56. The van der Waals surface area contributed by atoms with Gasteiger partial charge >= 0.3 is 0 Å². The molecule has 0 radical (unpaired) electrons. The quantitative estimate of drug-likeness (QED) is 0.814. The molecule has 1 aromatic carbocycles. The van der Waals surface area contributed by atoms with Gasteiger partial charge in [0.25, 0.3) is 0 Å². The highest BCUT2D eigenvalue weighted by molar-refractivity contribution is 5.78. The zero-order valence-electron chi connectivity index (χ0n) is 11.8. The van der Waals surface area contributed by atoms with E-state index >= 15 is 0 Å². The van der Waals surface area contributed by atoms with E-state index < -0.39 is 0 Å². The summed E-state index contributed by atoms with van der Waals surface area (Å²) in [5.41, 5.74) is 7.37. The maximum absolute atomic E-state index is 12.1. The molecule has 0 saturated carbocycles. The summed E-state index contributed by atoms with van der Waals surface area (Å²) in [5, 5.41) is 0. The number of anilines is 1. The zero-order chi connectivity index (χ0) is 13.7. The van der Waals surface area contributed by atoms with Crippen molar-refractivity contribution in [1.29, 1.82) is 0 Å². The maximum Gasteiger partial charge on any atom is 0.226 e. The predicted octanol–water partition coefficient (Wildman–Crippen LogP) is 2.70. The molecule has 0 aliphatic rings. The van der Waals surface area contributed by atoms with Gasteiger partial charge in [-0.25, -0.2) is 0 Å². The van der Waals surface area contributed by atoms with E-state index in [0.29, 0.717) is 12.3 Å². The average Bonchev–Trinajstić information content (AvgIpc) is 2.30. The lowest BCUT2D eigenvalue weighted by atomic mass is 10.0. The van der Waals surface area contributed by atoms with Crippen LogP contribution in [0.5, 0.6) is 0 Å². The van der Waals surface area contributed by atoms with Crippen molar-refractivity contribution in [3.05, 3.63) is 29.8 Å². The SMILES string of the molecule is CC(C)CC(C)N(C)C(=O)Cc1ccc(N)cc1. The Morgan fingerprint density at radius 2 is 1.78 bits per heavy atom. The highest BCUT2D eigenvalue weighted by atomic mass is 16.2. The van der Waals surface area contributed by atoms with Gasteiger partial charge in [0.2, 0.25) is 5.91 Å². The van der Waals surface area contributed by atoms with E-state index in [1.54, 1.807) is 0 Å². The Morgan fingerprint density at radius 3 is 2.28 bits per heavy atom. The molecule has 2 N–H and O–H groups in total. The molecule has 1 aromatic rings. The number of likely N-dealkylation sites (N-methyl/N-ethyl adjacent to an activating group) is 1. The van der Waals surface area contributed by atoms with E-state index in [2.05, 4.69) is 20.8 Å². The molecule has 0 aliphatic heterocycles. The third kappa shape index (κ3) is 4.40. The minimum Gasteiger partial charge on any atom is -0.399 e. The normalized spacial score (nSPS) is 12.5. The van der Waals surface area contributed by atoms with Crippen LogP contribution in [0.3, 0.4) is 0 Å². The van der Waals surface area contributed by atoms with Crippen LogP contribution >= 0.6 is 0 Å². The number of benzene rings is 1. The Kier molecular flexibility index (Phi) is 5.20. The molecule has 0 aromatic heterocycles. The number of nitrogens with zero attached hydrogens (tertiary/aromatic N) is 1. The van der Waals surface area contributed by atoms with E-state index in [-0.39, 0.29) is 11.9 Å². The van der Waals surface area contributed by atoms with Crippen molar-refractivity contribution in [1.82, 2.24) is 4.90 Å². The van der Waals surface area contributed by atoms with Crippen molar-refractivity contribution >= 4 is 11.6 Å². The molecule has 0 fully saturated rings. The second-order valence-electron chi connectivity index (χ2n) is 5.40. The molecule has 0 aliphatic carbocycles. The topological polar surface area (TPSA) is 46.3 Å². The number of nitrogens with two attached hydrogens (primary N) is 1. The zero-order valence-corrected chi connectivity index (χ0v) is 11.8. The minimum atomic E-state index is 0.160. The molecule has 100 valence electrons. The number of amides is 1. The average molecular weight is 248 g/mol. The number of nitrogen functional groups attached to an aromatic ring is 1. The van der Waals surface area contributed by atoms with Crippen LogP contribution in [0.1, 0.15) is 32.8 Å². The number of hydrogen-bond donors (Lipinski definition) is 1. The number of carbonyl (C=O) groups excluding carboxylic acids is 1. The fourth-order valence-corrected chi connectivity index (χ4v) is 2.02. The van der Waals surface area contributed by atoms with Crippen molar-refractivity contribution in [2.24, 2.45) is 5.92 Å². The van der Waals surface area contributed by atoms with Crippen molar-refractivity contribution in [2.45, 2.75) is 39.7 Å². The molecule has 0 saturated heterocycles. The van der Waals surface area contributed by atoms with Gasteiger partial charge in [-0.3, -0.25) is 4.79 Å². The van der Waals surface area contributed by atoms with Crippen LogP contribution < -0.4 is 5.73 Å². The highest BCUT2D eigenvalue weighted by Crippen LogP contribution is 2.12. The Bertz CT molecular complexity index is 384. The van der Waals surface area contributed by atoms with Gasteiger partial charge in [-0.2, -0.15) is 0 Å². The molecular weight excluding hydrogens is 224 g/mol. The van der Waals surface area contributed by atoms with Gasteiger partial charge in [0.05, 0.1) is 6.42 Å². The molecule has 0 bridgehead atoms. The number of hydrogen-bond acceptors (Lipinski definition) is 2. The van der Waals surface area contributed by atoms with Gasteiger partial charge in [0, 0.05) is 18.8 Å². The second-order valence-corrected chi connectivity index (χ2v) is 5.40. The summed E-state index contributed by atoms with van der Waals surface area (Å²) in [6, 6.07) is 7.77. The molecular formula is C15H24N2O. The standard InChI is InChI=1S/C15H24N2O/c1-11(2)9-12(3)17(4)15(18)10-13-5-7-14(16)8-6-13/h5-8,11-12H,9-10,16H2,1-4H3. The van der Waals surface area contributed by atoms with Gasteiger partial charge in [-0.05, 0) is 37.0 Å². The monoisotopic (exact) mass is 248 g/mol. The van der Waals surface area contributed by atoms with E-state index in [1.165, 1.54) is 0 Å². The van der Waals surface area contributed by atoms with Gasteiger partial charge in [0.1, 0.15) is 0 Å². The molecule has 1 atom stereocenters. The molecule has 1 amide bonds. The molecule has 18 heavy (non-hydrogen) atoms. The summed E-state index contributed by atoms with van der Waals surface area (Å²) in [6.07, 6.45) is 1.48. The molecule has 3 heteroatoms. The highest BCUT2D eigenvalue weighted by Gasteiger charge is 2.16. The summed E-state index contributed by atoms with van der Waals surface area (Å²) >= 11 is 0. The van der Waals surface area contributed by atoms with Crippen molar-refractivity contribution in [3.63, 3.8) is 0 Å². The minimum absolute atomic E-state index is 0.160. The predicted molar refractivity (Wildman–Crippen MR) is 76.2 cm³/mol. The summed E-state index contributed by atoms with van der Waals surface area (Å²) in [6.45, 7) is 6.45. The second kappa shape index (κ2) is 6.43. The van der Waals surface area contributed by atoms with Crippen LogP contribution in [-0.2, 0) is 11.2 Å². The van der Waals surface area contributed by atoms with Gasteiger partial charge in [-0.1, -0.05) is 26.0 Å². The van der Waals surface area contributed by atoms with Gasteiger partial charge < -0.3 is 10.6 Å². The third-order valence-corrected chi connectivity index (χ3v) is 3.20. The largest absolute Gasteiger partial charge is 0.399 e. The van der Waals surface area contributed by atoms with E-state index in [4.69, 9.17) is 5.73 Å². The smallest absolute Gasteiger partial charge is 0.226 e. The molecule has 0 spiro atoms. The lowest BCUT2D eigenvalue weighted by Crippen LogP contribution is -2.36. The number of carbonyl (C=O) groups is 1. The van der Waals surface area contributed by atoms with Crippen LogP contribution in [0.15, 0.2) is 24.3 Å². The Labute approximate surface area is 110 Å². The third-order valence-electron chi connectivity index (χ3n) is 3.20. The first-order valence-corrected chi connectivity index (χ1v) is 6.50. The summed E-state index contributed by atoms with van der Waals surface area (Å²) in [7, 11) is 1.88. The molecule has 1 rings (SSSR count). The van der Waals surface area contributed by atoms with Crippen LogP contribution in [-0.4, -0.2) is 23.9 Å². The first-order chi connectivity index (χ1) is 8.40. The van der Waals surface area contributed by atoms with E-state index in [0.717, 1.165) is 17.7 Å². The molecule has 3 nitrogen and oxygen atoms in total. The van der Waals surface area contributed by atoms with Crippen LogP contribution in [0.4, 0.5) is 5.69 Å². The Morgan fingerprint density at radius 1 is 1.22 bits per heavy atom. The van der Waals surface area contributed by atoms with Crippen molar-refractivity contribution in [2.75, 3.05) is 12.8 Å². The lowest BCUT2D eigenvalue weighted by Gasteiger charge is -2.26. The summed E-state index contributed by atoms with van der Waals surface area (Å²) < 4.78 is 0. The van der Waals surface area contributed by atoms with Crippen LogP contribution in [0.2, 0.25) is 0 Å². The van der Waals surface area contributed by atoms with Crippen molar-refractivity contribution < 1.29 is 4.79 Å². The van der Waals surface area contributed by atoms with E-state index in [9.17, 15) is 4.79 Å². The van der Waals surface area contributed by atoms with Gasteiger partial charge in [0.15, 0.2) is 0 Å². The summed E-state index contributed by atoms with van der Waals surface area (Å²) in [5.74, 6) is 0.764. The van der Waals surface area contributed by atoms with Crippen LogP contribution in [0, 0.1) is 5.92 Å². The lowest BCUT2D eigenvalue weighted by molar-refractivity contribution is -0.131. The first-order valence-electron chi connectivity index (χ1n) is 6.50. The maximum atomic E-state index is 12.1. The Hall–Kier alpha value is -1.51.